The van der Waals surface area contributed by atoms with Gasteiger partial charge in [-0.25, -0.2) is 4.39 Å². The molecule has 1 unspecified atom stereocenters. The fraction of sp³-hybridized carbons (Fsp3) is 0.250. The molecule has 1 aliphatic rings. The Morgan fingerprint density at radius 2 is 1.95 bits per heavy atom. The van der Waals surface area contributed by atoms with Crippen LogP contribution in [0.3, 0.4) is 0 Å². The standard InChI is InChI=1S/C16H15FO2/c1-10-8-11(17)6-7-12(10)16-9-14(18)13-4-2-3-5-15(13)19-16/h2-8,14,16,18H,9H2,1H3/t14-,16?/m0/s1. The molecular formula is C16H15FO2. The summed E-state index contributed by atoms with van der Waals surface area (Å²) in [6, 6.07) is 12.1. The van der Waals surface area contributed by atoms with E-state index in [1.54, 1.807) is 6.07 Å². The molecule has 19 heavy (non-hydrogen) atoms. The van der Waals surface area contributed by atoms with E-state index < -0.39 is 6.10 Å². The van der Waals surface area contributed by atoms with E-state index >= 15 is 0 Å². The number of ether oxygens (including phenoxy) is 1. The maximum atomic E-state index is 13.1. The Morgan fingerprint density at radius 3 is 2.74 bits per heavy atom. The average molecular weight is 258 g/mol. The van der Waals surface area contributed by atoms with Gasteiger partial charge in [0.2, 0.25) is 0 Å². The number of aliphatic hydroxyl groups is 1. The Labute approximate surface area is 111 Å². The van der Waals surface area contributed by atoms with Gasteiger partial charge in [0.25, 0.3) is 0 Å². The van der Waals surface area contributed by atoms with Gasteiger partial charge in [-0.2, -0.15) is 0 Å². The first-order valence-electron chi connectivity index (χ1n) is 6.35. The van der Waals surface area contributed by atoms with E-state index in [1.165, 1.54) is 12.1 Å². The molecule has 0 bridgehead atoms. The molecule has 0 radical (unpaired) electrons. The third kappa shape index (κ3) is 2.22. The van der Waals surface area contributed by atoms with Crippen LogP contribution in [0.2, 0.25) is 0 Å². The number of hydrogen-bond acceptors (Lipinski definition) is 2. The maximum Gasteiger partial charge on any atom is 0.127 e. The second-order valence-corrected chi connectivity index (χ2v) is 4.90. The fourth-order valence-corrected chi connectivity index (χ4v) is 2.59. The van der Waals surface area contributed by atoms with Gasteiger partial charge in [0.15, 0.2) is 0 Å². The molecular weight excluding hydrogens is 243 g/mol. The van der Waals surface area contributed by atoms with Crippen molar-refractivity contribution in [3.05, 3.63) is 65.0 Å². The molecule has 0 saturated heterocycles. The lowest BCUT2D eigenvalue weighted by atomic mass is 9.93. The normalized spacial score (nSPS) is 21.6. The third-order valence-corrected chi connectivity index (χ3v) is 3.56. The molecule has 3 rings (SSSR count). The van der Waals surface area contributed by atoms with Gasteiger partial charge >= 0.3 is 0 Å². The number of hydrogen-bond donors (Lipinski definition) is 1. The zero-order valence-electron chi connectivity index (χ0n) is 10.6. The summed E-state index contributed by atoms with van der Waals surface area (Å²) in [6.45, 7) is 1.86. The van der Waals surface area contributed by atoms with Gasteiger partial charge in [-0.1, -0.05) is 24.3 Å². The van der Waals surface area contributed by atoms with E-state index in [4.69, 9.17) is 4.74 Å². The van der Waals surface area contributed by atoms with Crippen molar-refractivity contribution in [1.29, 1.82) is 0 Å². The molecule has 1 N–H and O–H groups in total. The molecule has 2 atom stereocenters. The van der Waals surface area contributed by atoms with Crippen LogP contribution in [0.5, 0.6) is 5.75 Å². The van der Waals surface area contributed by atoms with E-state index in [0.717, 1.165) is 16.7 Å². The minimum absolute atomic E-state index is 0.231. The lowest BCUT2D eigenvalue weighted by Gasteiger charge is -2.30. The van der Waals surface area contributed by atoms with Crippen molar-refractivity contribution in [2.75, 3.05) is 0 Å². The zero-order chi connectivity index (χ0) is 13.4. The predicted molar refractivity (Wildman–Crippen MR) is 70.5 cm³/mol. The zero-order valence-corrected chi connectivity index (χ0v) is 10.6. The van der Waals surface area contributed by atoms with Crippen molar-refractivity contribution in [2.45, 2.75) is 25.6 Å². The molecule has 1 aliphatic heterocycles. The summed E-state index contributed by atoms with van der Waals surface area (Å²) in [5.41, 5.74) is 2.59. The quantitative estimate of drug-likeness (QED) is 0.845. The number of halogens is 1. The van der Waals surface area contributed by atoms with Crippen LogP contribution >= 0.6 is 0 Å². The van der Waals surface area contributed by atoms with Crippen LogP contribution < -0.4 is 4.74 Å². The molecule has 0 fully saturated rings. The van der Waals surface area contributed by atoms with Crippen LogP contribution in [0.1, 0.15) is 35.3 Å². The van der Waals surface area contributed by atoms with Crippen molar-refractivity contribution < 1.29 is 14.2 Å². The molecule has 3 heteroatoms. The van der Waals surface area contributed by atoms with Crippen LogP contribution in [0.25, 0.3) is 0 Å². The monoisotopic (exact) mass is 258 g/mol. The average Bonchev–Trinajstić information content (AvgIpc) is 2.38. The van der Waals surface area contributed by atoms with E-state index in [1.807, 2.05) is 31.2 Å². The molecule has 0 spiro atoms. The topological polar surface area (TPSA) is 29.5 Å². The van der Waals surface area contributed by atoms with Gasteiger partial charge in [-0.3, -0.25) is 0 Å². The summed E-state index contributed by atoms with van der Waals surface area (Å²) in [5.74, 6) is 0.452. The van der Waals surface area contributed by atoms with Gasteiger partial charge in [0.1, 0.15) is 17.7 Å². The van der Waals surface area contributed by atoms with Crippen molar-refractivity contribution in [3.63, 3.8) is 0 Å². The lowest BCUT2D eigenvalue weighted by Crippen LogP contribution is -2.19. The predicted octanol–water partition coefficient (Wildman–Crippen LogP) is 3.69. The van der Waals surface area contributed by atoms with Crippen LogP contribution in [0, 0.1) is 12.7 Å². The molecule has 0 aromatic heterocycles. The Hall–Kier alpha value is -1.87. The van der Waals surface area contributed by atoms with Crippen LogP contribution in [-0.2, 0) is 0 Å². The first-order chi connectivity index (χ1) is 9.15. The highest BCUT2D eigenvalue weighted by Crippen LogP contribution is 2.41. The largest absolute Gasteiger partial charge is 0.485 e. The molecule has 0 aliphatic carbocycles. The second-order valence-electron chi connectivity index (χ2n) is 4.90. The first kappa shape index (κ1) is 12.2. The van der Waals surface area contributed by atoms with Crippen molar-refractivity contribution in [2.24, 2.45) is 0 Å². The molecule has 2 aromatic carbocycles. The molecule has 2 aromatic rings. The molecule has 0 amide bonds. The fourth-order valence-electron chi connectivity index (χ4n) is 2.59. The summed E-state index contributed by atoms with van der Waals surface area (Å²) in [5, 5.41) is 10.2. The van der Waals surface area contributed by atoms with Gasteiger partial charge in [-0.15, -0.1) is 0 Å². The van der Waals surface area contributed by atoms with E-state index in [9.17, 15) is 9.50 Å². The van der Waals surface area contributed by atoms with Gasteiger partial charge in [0, 0.05) is 12.0 Å². The number of rotatable bonds is 1. The minimum atomic E-state index is -0.542. The Bertz CT molecular complexity index is 609. The smallest absolute Gasteiger partial charge is 0.127 e. The molecule has 1 heterocycles. The van der Waals surface area contributed by atoms with Gasteiger partial charge in [-0.05, 0) is 36.2 Å². The maximum absolute atomic E-state index is 13.1. The van der Waals surface area contributed by atoms with E-state index in [-0.39, 0.29) is 11.9 Å². The third-order valence-electron chi connectivity index (χ3n) is 3.56. The van der Waals surface area contributed by atoms with Crippen molar-refractivity contribution in [1.82, 2.24) is 0 Å². The van der Waals surface area contributed by atoms with Crippen LogP contribution in [-0.4, -0.2) is 5.11 Å². The molecule has 0 saturated carbocycles. The van der Waals surface area contributed by atoms with Gasteiger partial charge in [0.05, 0.1) is 6.10 Å². The van der Waals surface area contributed by atoms with Crippen LogP contribution in [0.4, 0.5) is 4.39 Å². The van der Waals surface area contributed by atoms with Gasteiger partial charge < -0.3 is 9.84 Å². The summed E-state index contributed by atoms with van der Waals surface area (Å²) < 4.78 is 19.1. The van der Waals surface area contributed by atoms with Crippen molar-refractivity contribution >= 4 is 0 Å². The summed E-state index contributed by atoms with van der Waals surface area (Å²) >= 11 is 0. The Kier molecular flexibility index (Phi) is 2.99. The molecule has 98 valence electrons. The number of benzene rings is 2. The second kappa shape index (κ2) is 4.67. The first-order valence-corrected chi connectivity index (χ1v) is 6.35. The Morgan fingerprint density at radius 1 is 1.16 bits per heavy atom. The number of fused-ring (bicyclic) bond motifs is 1. The van der Waals surface area contributed by atoms with E-state index in [0.29, 0.717) is 12.2 Å². The SMILES string of the molecule is Cc1cc(F)ccc1C1C[C@H](O)c2ccccc2O1. The number of aryl methyl sites for hydroxylation is 1. The molecule has 2 nitrogen and oxygen atoms in total. The summed E-state index contributed by atoms with van der Waals surface area (Å²) in [4.78, 5) is 0. The van der Waals surface area contributed by atoms with E-state index in [2.05, 4.69) is 0 Å². The highest BCUT2D eigenvalue weighted by atomic mass is 19.1. The number of para-hydroxylation sites is 1. The highest BCUT2D eigenvalue weighted by molar-refractivity contribution is 5.39. The minimum Gasteiger partial charge on any atom is -0.485 e. The van der Waals surface area contributed by atoms with Crippen molar-refractivity contribution in [3.8, 4) is 5.75 Å². The number of aliphatic hydroxyl groups excluding tert-OH is 1. The Balaban J connectivity index is 1.97. The summed E-state index contributed by atoms with van der Waals surface area (Å²) in [7, 11) is 0. The highest BCUT2D eigenvalue weighted by Gasteiger charge is 2.28. The summed E-state index contributed by atoms with van der Waals surface area (Å²) in [6.07, 6.45) is -0.284. The lowest BCUT2D eigenvalue weighted by molar-refractivity contribution is 0.0654. The van der Waals surface area contributed by atoms with Crippen LogP contribution in [0.15, 0.2) is 42.5 Å².